The number of imidazole rings is 1. The first-order valence-corrected chi connectivity index (χ1v) is 8.75. The smallest absolute Gasteiger partial charge is 0.201 e. The van der Waals surface area contributed by atoms with Crippen LogP contribution in [0.25, 0.3) is 11.0 Å². The van der Waals surface area contributed by atoms with Gasteiger partial charge in [0.15, 0.2) is 11.7 Å². The van der Waals surface area contributed by atoms with Gasteiger partial charge in [0.25, 0.3) is 0 Å². The molecule has 7 nitrogen and oxygen atoms in total. The van der Waals surface area contributed by atoms with Gasteiger partial charge in [-0.2, -0.15) is 0 Å². The second-order valence-corrected chi connectivity index (χ2v) is 6.80. The predicted octanol–water partition coefficient (Wildman–Crippen LogP) is 3.69. The number of halogens is 3. The van der Waals surface area contributed by atoms with E-state index >= 15 is 0 Å². The van der Waals surface area contributed by atoms with E-state index in [-0.39, 0.29) is 33.1 Å². The Labute approximate surface area is 165 Å². The summed E-state index contributed by atoms with van der Waals surface area (Å²) < 4.78 is 27.5. The summed E-state index contributed by atoms with van der Waals surface area (Å²) in [6.45, 7) is 1.33. The first kappa shape index (κ1) is 20.0. The molecule has 10 heteroatoms. The number of aromatic nitrogens is 2. The van der Waals surface area contributed by atoms with Gasteiger partial charge in [-0.3, -0.25) is 10.6 Å². The summed E-state index contributed by atoms with van der Waals surface area (Å²) in [4.78, 5) is 9.10. The standard InChI is InChI=1S/C18H19ClF2N6O/c1-26(2)8-7-23-18-24-15-11(4-6-14(21)16(15)25-18)17(22)27(28)10-3-5-13(20)12(19)9-10/h3-6,9,22,28H,7-8H2,1-2H3,(H2,23,24,25). The zero-order valence-electron chi connectivity index (χ0n) is 15.2. The van der Waals surface area contributed by atoms with E-state index in [9.17, 15) is 14.0 Å². The molecule has 148 valence electrons. The molecule has 0 amide bonds. The van der Waals surface area contributed by atoms with Crippen molar-refractivity contribution in [3.05, 3.63) is 52.6 Å². The summed E-state index contributed by atoms with van der Waals surface area (Å²) >= 11 is 5.74. The average molecular weight is 409 g/mol. The number of benzene rings is 2. The molecule has 1 aromatic heterocycles. The summed E-state index contributed by atoms with van der Waals surface area (Å²) in [6, 6.07) is 6.07. The van der Waals surface area contributed by atoms with Crippen LogP contribution in [0, 0.1) is 17.0 Å². The van der Waals surface area contributed by atoms with E-state index in [4.69, 9.17) is 17.0 Å². The fourth-order valence-electron chi connectivity index (χ4n) is 2.60. The van der Waals surface area contributed by atoms with Crippen molar-refractivity contribution in [1.82, 2.24) is 14.9 Å². The molecule has 0 spiro atoms. The fraction of sp³-hybridized carbons (Fsp3) is 0.222. The highest BCUT2D eigenvalue weighted by Gasteiger charge is 2.19. The SMILES string of the molecule is CN(C)CCNc1nc2c(F)ccc(C(=N)N(O)c3ccc(F)c(Cl)c3)c2[nH]1. The molecule has 2 aromatic carbocycles. The molecule has 0 aliphatic heterocycles. The van der Waals surface area contributed by atoms with Crippen molar-refractivity contribution in [2.45, 2.75) is 0 Å². The first-order chi connectivity index (χ1) is 13.3. The second-order valence-electron chi connectivity index (χ2n) is 6.39. The Bertz CT molecular complexity index is 1020. The van der Waals surface area contributed by atoms with Gasteiger partial charge in [0.2, 0.25) is 5.95 Å². The van der Waals surface area contributed by atoms with Crippen LogP contribution in [0.15, 0.2) is 30.3 Å². The van der Waals surface area contributed by atoms with Gasteiger partial charge in [0.1, 0.15) is 11.3 Å². The highest BCUT2D eigenvalue weighted by atomic mass is 35.5. The molecule has 0 aliphatic carbocycles. The van der Waals surface area contributed by atoms with Gasteiger partial charge in [0.05, 0.1) is 16.2 Å². The number of anilines is 2. The minimum atomic E-state index is -0.642. The molecule has 0 saturated carbocycles. The maximum atomic E-state index is 14.2. The van der Waals surface area contributed by atoms with Crippen LogP contribution >= 0.6 is 11.6 Å². The van der Waals surface area contributed by atoms with Crippen molar-refractivity contribution in [3.63, 3.8) is 0 Å². The van der Waals surface area contributed by atoms with E-state index in [0.717, 1.165) is 12.6 Å². The molecule has 4 N–H and O–H groups in total. The van der Waals surface area contributed by atoms with E-state index in [1.807, 2.05) is 19.0 Å². The maximum Gasteiger partial charge on any atom is 0.201 e. The Balaban J connectivity index is 1.92. The Morgan fingerprint density at radius 1 is 1.25 bits per heavy atom. The molecule has 0 radical (unpaired) electrons. The van der Waals surface area contributed by atoms with Crippen molar-refractivity contribution < 1.29 is 14.0 Å². The Kier molecular flexibility index (Phi) is 5.78. The highest BCUT2D eigenvalue weighted by molar-refractivity contribution is 6.31. The van der Waals surface area contributed by atoms with Gasteiger partial charge >= 0.3 is 0 Å². The Morgan fingerprint density at radius 3 is 2.64 bits per heavy atom. The summed E-state index contributed by atoms with van der Waals surface area (Å²) in [5.74, 6) is -1.20. The third-order valence-corrected chi connectivity index (χ3v) is 4.35. The number of amidine groups is 1. The van der Waals surface area contributed by atoms with E-state index in [2.05, 4.69) is 15.3 Å². The van der Waals surface area contributed by atoms with Crippen molar-refractivity contribution in [1.29, 1.82) is 5.41 Å². The largest absolute Gasteiger partial charge is 0.355 e. The van der Waals surface area contributed by atoms with Crippen LogP contribution < -0.4 is 10.4 Å². The van der Waals surface area contributed by atoms with Gasteiger partial charge in [-0.05, 0) is 44.4 Å². The van der Waals surface area contributed by atoms with Crippen LogP contribution in [0.4, 0.5) is 20.4 Å². The van der Waals surface area contributed by atoms with Crippen molar-refractivity contribution in [3.8, 4) is 0 Å². The molecule has 28 heavy (non-hydrogen) atoms. The number of hydrogen-bond donors (Lipinski definition) is 4. The molecule has 0 unspecified atom stereocenters. The Hall–Kier alpha value is -2.75. The third kappa shape index (κ3) is 4.06. The summed E-state index contributed by atoms with van der Waals surface area (Å²) in [6.07, 6.45) is 0. The number of nitrogens with zero attached hydrogens (tertiary/aromatic N) is 3. The molecule has 3 rings (SSSR count). The maximum absolute atomic E-state index is 14.2. The minimum absolute atomic E-state index is 0.0418. The van der Waals surface area contributed by atoms with Crippen LogP contribution in [-0.2, 0) is 0 Å². The summed E-state index contributed by atoms with van der Waals surface area (Å²) in [5, 5.41) is 22.1. The predicted molar refractivity (Wildman–Crippen MR) is 106 cm³/mol. The second kappa shape index (κ2) is 8.09. The molecule has 1 heterocycles. The van der Waals surface area contributed by atoms with Gasteiger partial charge in [0, 0.05) is 18.7 Å². The van der Waals surface area contributed by atoms with Gasteiger partial charge < -0.3 is 15.2 Å². The molecule has 0 bridgehead atoms. The number of rotatable bonds is 6. The van der Waals surface area contributed by atoms with E-state index in [0.29, 0.717) is 17.6 Å². The number of likely N-dealkylation sites (N-methyl/N-ethyl adjacent to an activating group) is 1. The van der Waals surface area contributed by atoms with Crippen LogP contribution in [0.1, 0.15) is 5.56 Å². The van der Waals surface area contributed by atoms with Crippen molar-refractivity contribution >= 4 is 40.1 Å². The van der Waals surface area contributed by atoms with Crippen LogP contribution in [0.3, 0.4) is 0 Å². The van der Waals surface area contributed by atoms with Gasteiger partial charge in [-0.1, -0.05) is 11.6 Å². The first-order valence-electron chi connectivity index (χ1n) is 8.37. The van der Waals surface area contributed by atoms with Gasteiger partial charge in [-0.25, -0.2) is 18.8 Å². The van der Waals surface area contributed by atoms with Crippen LogP contribution in [0.2, 0.25) is 5.02 Å². The summed E-state index contributed by atoms with van der Waals surface area (Å²) in [5.41, 5.74) is 0.606. The quantitative estimate of drug-likeness (QED) is 0.284. The average Bonchev–Trinajstić information content (AvgIpc) is 3.08. The Morgan fingerprint density at radius 2 is 1.96 bits per heavy atom. The lowest BCUT2D eigenvalue weighted by atomic mass is 10.1. The van der Waals surface area contributed by atoms with E-state index in [1.165, 1.54) is 24.3 Å². The molecular formula is C18H19ClF2N6O. The monoisotopic (exact) mass is 408 g/mol. The highest BCUT2D eigenvalue weighted by Crippen LogP contribution is 2.26. The number of fused-ring (bicyclic) bond motifs is 1. The van der Waals surface area contributed by atoms with E-state index < -0.39 is 11.6 Å². The van der Waals surface area contributed by atoms with Crippen molar-refractivity contribution in [2.75, 3.05) is 37.6 Å². The molecule has 0 atom stereocenters. The number of hydroxylamine groups is 1. The zero-order chi connectivity index (χ0) is 20.4. The third-order valence-electron chi connectivity index (χ3n) is 4.06. The normalized spacial score (nSPS) is 11.2. The molecule has 0 aliphatic rings. The molecule has 0 fully saturated rings. The number of H-pyrrole nitrogens is 1. The lowest BCUT2D eigenvalue weighted by Crippen LogP contribution is -2.27. The molecule has 3 aromatic rings. The van der Waals surface area contributed by atoms with Gasteiger partial charge in [-0.15, -0.1) is 0 Å². The minimum Gasteiger partial charge on any atom is -0.355 e. The van der Waals surface area contributed by atoms with Crippen LogP contribution in [-0.4, -0.2) is 53.1 Å². The summed E-state index contributed by atoms with van der Waals surface area (Å²) in [7, 11) is 3.86. The molecular weight excluding hydrogens is 390 g/mol. The zero-order valence-corrected chi connectivity index (χ0v) is 16.0. The number of aromatic amines is 1. The fourth-order valence-corrected chi connectivity index (χ4v) is 2.77. The lowest BCUT2D eigenvalue weighted by Gasteiger charge is -2.18. The number of hydrogen-bond acceptors (Lipinski definition) is 5. The van der Waals surface area contributed by atoms with Crippen molar-refractivity contribution in [2.24, 2.45) is 0 Å². The van der Waals surface area contributed by atoms with E-state index in [1.54, 1.807) is 0 Å². The van der Waals surface area contributed by atoms with Crippen LogP contribution in [0.5, 0.6) is 0 Å². The number of nitrogens with one attached hydrogen (secondary N) is 3. The molecule has 0 saturated heterocycles. The lowest BCUT2D eigenvalue weighted by molar-refractivity contribution is 0.312. The topological polar surface area (TPSA) is 91.3 Å².